The van der Waals surface area contributed by atoms with E-state index < -0.39 is 40.5 Å². The molecule has 3 heterocycles. The summed E-state index contributed by atoms with van der Waals surface area (Å²) in [5.74, 6) is -0.669. The Balaban J connectivity index is 0.000000293. The standard InChI is InChI=1S/C20H18F4N2O.C5H4F3N3O/c1-2-3-4-10-26-11-9-14-15(19(26)27)6-7-16(18(14)21)17-8-5-13(12-25-17)20(22,23)24;6-5(7,8)3-2(9)1-10-11-4(3)12/h5-9,11-12H,2-4,10H2,1H3;1H,(H3,9,11,12). The molecule has 0 saturated heterocycles. The molecule has 0 aliphatic carbocycles. The summed E-state index contributed by atoms with van der Waals surface area (Å²) in [6.45, 7) is 2.63. The first-order valence-electron chi connectivity index (χ1n) is 11.5. The number of nitrogens with zero attached hydrogens (tertiary/aromatic N) is 3. The largest absolute Gasteiger partial charge is 0.423 e. The summed E-state index contributed by atoms with van der Waals surface area (Å²) in [5.41, 5.74) is 0.444. The van der Waals surface area contributed by atoms with Gasteiger partial charge in [0.05, 0.1) is 28.5 Å². The van der Waals surface area contributed by atoms with Gasteiger partial charge in [-0.05, 0) is 36.8 Å². The van der Waals surface area contributed by atoms with Crippen molar-refractivity contribution in [3.8, 4) is 11.3 Å². The lowest BCUT2D eigenvalue weighted by atomic mass is 10.0. The zero-order valence-electron chi connectivity index (χ0n) is 20.3. The minimum Gasteiger partial charge on any atom is -0.397 e. The van der Waals surface area contributed by atoms with Gasteiger partial charge < -0.3 is 10.3 Å². The molecule has 0 bridgehead atoms. The number of aromatic amines is 1. The van der Waals surface area contributed by atoms with Crippen LogP contribution in [0.5, 0.6) is 0 Å². The number of nitrogens with one attached hydrogen (secondary N) is 1. The van der Waals surface area contributed by atoms with Crippen molar-refractivity contribution in [1.29, 1.82) is 0 Å². The molecule has 1 aromatic carbocycles. The van der Waals surface area contributed by atoms with Crippen LogP contribution in [0.1, 0.15) is 37.3 Å². The highest BCUT2D eigenvalue weighted by Gasteiger charge is 2.36. The normalized spacial score (nSPS) is 11.8. The van der Waals surface area contributed by atoms with Crippen LogP contribution < -0.4 is 16.9 Å². The molecular formula is C25H22F7N5O2. The number of fused-ring (bicyclic) bond motifs is 1. The highest BCUT2D eigenvalue weighted by molar-refractivity contribution is 5.87. The van der Waals surface area contributed by atoms with Crippen molar-refractivity contribution in [2.24, 2.45) is 0 Å². The first kappa shape index (κ1) is 29.3. The monoisotopic (exact) mass is 557 g/mol. The number of aryl methyl sites for hydroxylation is 1. The second-order valence-electron chi connectivity index (χ2n) is 8.37. The topological polar surface area (TPSA) is 107 Å². The van der Waals surface area contributed by atoms with Crippen LogP contribution in [0.2, 0.25) is 0 Å². The van der Waals surface area contributed by atoms with Crippen LogP contribution in [-0.2, 0) is 18.9 Å². The van der Waals surface area contributed by atoms with Crippen molar-refractivity contribution in [3.05, 3.63) is 86.6 Å². The number of aromatic nitrogens is 4. The van der Waals surface area contributed by atoms with Crippen LogP contribution in [0.25, 0.3) is 22.0 Å². The Labute approximate surface area is 216 Å². The van der Waals surface area contributed by atoms with Crippen molar-refractivity contribution in [1.82, 2.24) is 19.7 Å². The molecule has 0 aliphatic rings. The van der Waals surface area contributed by atoms with E-state index in [0.29, 0.717) is 12.7 Å². The van der Waals surface area contributed by atoms with Crippen LogP contribution in [0.3, 0.4) is 0 Å². The predicted molar refractivity (Wildman–Crippen MR) is 130 cm³/mol. The van der Waals surface area contributed by atoms with Gasteiger partial charge in [-0.2, -0.15) is 31.4 Å². The fraction of sp³-hybridized carbons (Fsp3) is 0.280. The third-order valence-corrected chi connectivity index (χ3v) is 5.63. The van der Waals surface area contributed by atoms with E-state index in [1.807, 2.05) is 0 Å². The van der Waals surface area contributed by atoms with Crippen molar-refractivity contribution < 1.29 is 30.7 Å². The summed E-state index contributed by atoms with van der Waals surface area (Å²) in [6, 6.07) is 6.37. The Bertz CT molecular complexity index is 1560. The third kappa shape index (κ3) is 6.81. The van der Waals surface area contributed by atoms with Gasteiger partial charge >= 0.3 is 12.4 Å². The number of nitrogens with two attached hydrogens (primary N) is 1. The van der Waals surface area contributed by atoms with Crippen molar-refractivity contribution in [2.75, 3.05) is 5.73 Å². The van der Waals surface area contributed by atoms with Gasteiger partial charge in [-0.1, -0.05) is 19.8 Å². The zero-order valence-corrected chi connectivity index (χ0v) is 20.3. The number of pyridine rings is 2. The lowest BCUT2D eigenvalue weighted by Crippen LogP contribution is -2.24. The molecule has 0 radical (unpaired) electrons. The molecule has 0 fully saturated rings. The number of anilines is 1. The van der Waals surface area contributed by atoms with Crippen LogP contribution in [0.15, 0.2) is 58.5 Å². The average molecular weight is 557 g/mol. The fourth-order valence-electron chi connectivity index (χ4n) is 3.66. The zero-order chi connectivity index (χ0) is 29.0. The number of alkyl halides is 6. The minimum atomic E-state index is -4.74. The first-order valence-corrected chi connectivity index (χ1v) is 11.5. The Kier molecular flexibility index (Phi) is 8.77. The lowest BCUT2D eigenvalue weighted by Gasteiger charge is -2.10. The molecule has 208 valence electrons. The van der Waals surface area contributed by atoms with E-state index in [2.05, 4.69) is 17.0 Å². The minimum absolute atomic E-state index is 0.0550. The van der Waals surface area contributed by atoms with Gasteiger partial charge in [0.25, 0.3) is 11.1 Å². The van der Waals surface area contributed by atoms with Crippen LogP contribution in [0, 0.1) is 5.82 Å². The average Bonchev–Trinajstić information content (AvgIpc) is 2.85. The van der Waals surface area contributed by atoms with Crippen molar-refractivity contribution in [3.63, 3.8) is 0 Å². The molecule has 4 rings (SSSR count). The summed E-state index contributed by atoms with van der Waals surface area (Å²) in [7, 11) is 0. The Morgan fingerprint density at radius 3 is 2.18 bits per heavy atom. The molecule has 3 N–H and O–H groups in total. The molecule has 0 saturated carbocycles. The molecular weight excluding hydrogens is 535 g/mol. The van der Waals surface area contributed by atoms with Crippen LogP contribution in [0.4, 0.5) is 36.4 Å². The van der Waals surface area contributed by atoms with Crippen molar-refractivity contribution >= 4 is 16.5 Å². The van der Waals surface area contributed by atoms with Crippen molar-refractivity contribution in [2.45, 2.75) is 45.1 Å². The van der Waals surface area contributed by atoms with Gasteiger partial charge in [-0.25, -0.2) is 9.49 Å². The second-order valence-corrected chi connectivity index (χ2v) is 8.37. The second kappa shape index (κ2) is 11.7. The molecule has 7 nitrogen and oxygen atoms in total. The van der Waals surface area contributed by atoms with E-state index >= 15 is 0 Å². The molecule has 3 aromatic heterocycles. The molecule has 14 heteroatoms. The summed E-state index contributed by atoms with van der Waals surface area (Å²) in [4.78, 5) is 26.8. The van der Waals surface area contributed by atoms with E-state index in [4.69, 9.17) is 5.73 Å². The maximum Gasteiger partial charge on any atom is 0.423 e. The van der Waals surface area contributed by atoms with Gasteiger partial charge in [-0.3, -0.25) is 14.6 Å². The van der Waals surface area contributed by atoms with Gasteiger partial charge in [-0.15, -0.1) is 0 Å². The Hall–Kier alpha value is -4.23. The fourth-order valence-corrected chi connectivity index (χ4v) is 3.66. The SMILES string of the molecule is CCCCCn1ccc2c(F)c(-c3ccc(C(F)(F)F)cn3)ccc2c1=O.Nc1cn[nH]c(=O)c1C(F)(F)F. The third-order valence-electron chi connectivity index (χ3n) is 5.63. The predicted octanol–water partition coefficient (Wildman–Crippen LogP) is 5.78. The maximum atomic E-state index is 14.9. The number of H-pyrrole nitrogens is 1. The molecule has 0 atom stereocenters. The number of hydrogen-bond acceptors (Lipinski definition) is 5. The Morgan fingerprint density at radius 1 is 0.923 bits per heavy atom. The molecule has 0 unspecified atom stereocenters. The summed E-state index contributed by atoms with van der Waals surface area (Å²) in [5, 5.41) is 5.11. The number of hydrogen-bond donors (Lipinski definition) is 2. The van der Waals surface area contributed by atoms with Gasteiger partial charge in [0, 0.05) is 29.9 Å². The van der Waals surface area contributed by atoms with E-state index in [1.165, 1.54) is 18.2 Å². The molecule has 39 heavy (non-hydrogen) atoms. The summed E-state index contributed by atoms with van der Waals surface area (Å²) < 4.78 is 90.3. The maximum absolute atomic E-state index is 14.9. The lowest BCUT2D eigenvalue weighted by molar-refractivity contribution is -0.138. The Morgan fingerprint density at radius 2 is 1.64 bits per heavy atom. The summed E-state index contributed by atoms with van der Waals surface area (Å²) >= 11 is 0. The van der Waals surface area contributed by atoms with E-state index in [9.17, 15) is 40.3 Å². The number of rotatable bonds is 5. The van der Waals surface area contributed by atoms with E-state index in [0.717, 1.165) is 37.6 Å². The molecule has 0 aliphatic heterocycles. The van der Waals surface area contributed by atoms with Gasteiger partial charge in [0.15, 0.2) is 0 Å². The number of nitrogen functional groups attached to an aromatic ring is 1. The number of unbranched alkanes of at least 4 members (excludes halogenated alkanes) is 2. The molecule has 0 amide bonds. The highest BCUT2D eigenvalue weighted by Crippen LogP contribution is 2.32. The van der Waals surface area contributed by atoms with Crippen LogP contribution >= 0.6 is 0 Å². The molecule has 0 spiro atoms. The number of halogens is 7. The van der Waals surface area contributed by atoms with Crippen LogP contribution in [-0.4, -0.2) is 19.7 Å². The first-order chi connectivity index (χ1) is 18.3. The van der Waals surface area contributed by atoms with E-state index in [1.54, 1.807) is 15.9 Å². The van der Waals surface area contributed by atoms with E-state index in [-0.39, 0.29) is 27.6 Å². The van der Waals surface area contributed by atoms with Gasteiger partial charge in [0.1, 0.15) is 11.4 Å². The quantitative estimate of drug-likeness (QED) is 0.239. The summed E-state index contributed by atoms with van der Waals surface area (Å²) in [6.07, 6.45) is -3.39. The molecule has 4 aromatic rings. The smallest absolute Gasteiger partial charge is 0.397 e. The van der Waals surface area contributed by atoms with Gasteiger partial charge in [0.2, 0.25) is 0 Å². The number of benzene rings is 1. The highest BCUT2D eigenvalue weighted by atomic mass is 19.4.